The van der Waals surface area contributed by atoms with Crippen LogP contribution in [-0.4, -0.2) is 38.0 Å². The number of nitrogen functional groups attached to an aromatic ring is 1. The van der Waals surface area contributed by atoms with Gasteiger partial charge in [0.15, 0.2) is 0 Å². The predicted molar refractivity (Wildman–Crippen MR) is 151 cm³/mol. The van der Waals surface area contributed by atoms with Gasteiger partial charge in [-0.15, -0.1) is 0 Å². The van der Waals surface area contributed by atoms with Crippen LogP contribution in [-0.2, 0) is 6.54 Å². The van der Waals surface area contributed by atoms with E-state index in [9.17, 15) is 4.79 Å². The quantitative estimate of drug-likeness (QED) is 0.227. The number of ether oxygens (including phenoxy) is 2. The van der Waals surface area contributed by atoms with Crippen molar-refractivity contribution in [3.05, 3.63) is 102 Å². The van der Waals surface area contributed by atoms with Crippen LogP contribution in [0, 0.1) is 5.41 Å². The van der Waals surface area contributed by atoms with E-state index in [4.69, 9.17) is 20.6 Å². The molecular formula is C31H32N4O3. The topological polar surface area (TPSA) is 101 Å². The van der Waals surface area contributed by atoms with Crippen molar-refractivity contribution >= 4 is 28.2 Å². The van der Waals surface area contributed by atoms with E-state index >= 15 is 0 Å². The largest absolute Gasteiger partial charge is 0.496 e. The number of rotatable bonds is 8. The van der Waals surface area contributed by atoms with Crippen LogP contribution < -0.4 is 25.4 Å². The zero-order chi connectivity index (χ0) is 26.5. The summed E-state index contributed by atoms with van der Waals surface area (Å²) >= 11 is 0. The number of carbonyl (C=O) groups is 1. The molecule has 7 heteroatoms. The molecule has 4 N–H and O–H groups in total. The van der Waals surface area contributed by atoms with Gasteiger partial charge in [-0.2, -0.15) is 0 Å². The van der Waals surface area contributed by atoms with Crippen LogP contribution in [0.2, 0.25) is 0 Å². The maximum Gasteiger partial charge on any atom is 0.262 e. The lowest BCUT2D eigenvalue weighted by atomic mass is 10.0. The Bertz CT molecular complexity index is 1450. The lowest BCUT2D eigenvalue weighted by Crippen LogP contribution is -2.34. The number of fused-ring (bicyclic) bond motifs is 1. The molecule has 38 heavy (non-hydrogen) atoms. The molecule has 194 valence electrons. The van der Waals surface area contributed by atoms with Crippen molar-refractivity contribution in [3.8, 4) is 11.5 Å². The fourth-order valence-corrected chi connectivity index (χ4v) is 4.80. The van der Waals surface area contributed by atoms with E-state index in [-0.39, 0.29) is 17.8 Å². The smallest absolute Gasteiger partial charge is 0.262 e. The van der Waals surface area contributed by atoms with Gasteiger partial charge >= 0.3 is 0 Å². The summed E-state index contributed by atoms with van der Waals surface area (Å²) in [6.45, 7) is 2.28. The Morgan fingerprint density at radius 3 is 2.45 bits per heavy atom. The lowest BCUT2D eigenvalue weighted by Gasteiger charge is -2.26. The number of hydrogen-bond acceptors (Lipinski definition) is 5. The number of nitrogens with zero attached hydrogens (tertiary/aromatic N) is 1. The third-order valence-electron chi connectivity index (χ3n) is 6.88. The van der Waals surface area contributed by atoms with Crippen LogP contribution in [0.15, 0.2) is 84.9 Å². The Kier molecular flexibility index (Phi) is 7.56. The van der Waals surface area contributed by atoms with Crippen molar-refractivity contribution in [2.24, 2.45) is 5.73 Å². The second kappa shape index (κ2) is 11.4. The highest BCUT2D eigenvalue weighted by Crippen LogP contribution is 2.28. The second-order valence-electron chi connectivity index (χ2n) is 9.46. The molecule has 1 fully saturated rings. The van der Waals surface area contributed by atoms with Crippen molar-refractivity contribution in [1.82, 2.24) is 5.32 Å². The maximum atomic E-state index is 13.9. The van der Waals surface area contributed by atoms with Crippen LogP contribution in [0.4, 0.5) is 5.69 Å². The van der Waals surface area contributed by atoms with E-state index in [1.807, 2.05) is 72.8 Å². The number of nitrogens with two attached hydrogens (primary N) is 1. The summed E-state index contributed by atoms with van der Waals surface area (Å²) in [7, 11) is 1.57. The van der Waals surface area contributed by atoms with Crippen LogP contribution >= 0.6 is 0 Å². The van der Waals surface area contributed by atoms with Gasteiger partial charge in [0, 0.05) is 11.3 Å². The SMILES string of the molecule is COc1ccccc1C(=O)N(Cc1ccc2ccc(C(=N)N)cc2c1)c1ccc(OC2CCNCC2)cc1. The van der Waals surface area contributed by atoms with Gasteiger partial charge in [0.2, 0.25) is 0 Å². The van der Waals surface area contributed by atoms with Crippen molar-refractivity contribution < 1.29 is 14.3 Å². The Morgan fingerprint density at radius 1 is 0.974 bits per heavy atom. The molecule has 0 radical (unpaired) electrons. The molecule has 5 rings (SSSR count). The van der Waals surface area contributed by atoms with Crippen molar-refractivity contribution in [3.63, 3.8) is 0 Å². The predicted octanol–water partition coefficient (Wildman–Crippen LogP) is 5.11. The molecule has 0 aromatic heterocycles. The summed E-state index contributed by atoms with van der Waals surface area (Å²) in [6, 6.07) is 26.8. The molecule has 0 atom stereocenters. The van der Waals surface area contributed by atoms with E-state index < -0.39 is 0 Å². The summed E-state index contributed by atoms with van der Waals surface area (Å²) in [4.78, 5) is 15.7. The first-order valence-corrected chi connectivity index (χ1v) is 12.8. The number of methoxy groups -OCH3 is 1. The number of hydrogen-bond donors (Lipinski definition) is 3. The number of benzene rings is 4. The van der Waals surface area contributed by atoms with E-state index in [2.05, 4.69) is 5.32 Å². The first kappa shape index (κ1) is 25.3. The average molecular weight is 509 g/mol. The van der Waals surface area contributed by atoms with Gasteiger partial charge < -0.3 is 25.4 Å². The molecule has 1 aliphatic heterocycles. The number of piperidine rings is 1. The Morgan fingerprint density at radius 2 is 1.71 bits per heavy atom. The lowest BCUT2D eigenvalue weighted by molar-refractivity contribution is 0.0982. The van der Waals surface area contributed by atoms with Crippen molar-refractivity contribution in [2.45, 2.75) is 25.5 Å². The zero-order valence-corrected chi connectivity index (χ0v) is 21.4. The van der Waals surface area contributed by atoms with E-state index in [1.165, 1.54) is 0 Å². The van der Waals surface area contributed by atoms with Crippen LogP contribution in [0.3, 0.4) is 0 Å². The van der Waals surface area contributed by atoms with Crippen LogP contribution in [0.5, 0.6) is 11.5 Å². The number of amidine groups is 1. The Hall–Kier alpha value is -4.36. The van der Waals surface area contributed by atoms with Gasteiger partial charge in [-0.3, -0.25) is 10.2 Å². The van der Waals surface area contributed by atoms with Crippen molar-refractivity contribution in [1.29, 1.82) is 5.41 Å². The molecule has 1 amide bonds. The van der Waals surface area contributed by atoms with Crippen LogP contribution in [0.1, 0.15) is 34.3 Å². The molecule has 1 saturated heterocycles. The first-order chi connectivity index (χ1) is 18.5. The summed E-state index contributed by atoms with van der Waals surface area (Å²) in [6.07, 6.45) is 2.16. The number of carbonyl (C=O) groups excluding carboxylic acids is 1. The minimum absolute atomic E-state index is 0.0251. The molecule has 0 bridgehead atoms. The van der Waals surface area contributed by atoms with Gasteiger partial charge in [0.1, 0.15) is 23.4 Å². The molecule has 1 aliphatic rings. The summed E-state index contributed by atoms with van der Waals surface area (Å²) in [5, 5.41) is 13.1. The Labute approximate surface area is 222 Å². The van der Waals surface area contributed by atoms with Gasteiger partial charge in [-0.1, -0.05) is 36.4 Å². The third-order valence-corrected chi connectivity index (χ3v) is 6.88. The fourth-order valence-electron chi connectivity index (χ4n) is 4.80. The van der Waals surface area contributed by atoms with Gasteiger partial charge in [0.25, 0.3) is 5.91 Å². The molecule has 0 spiro atoms. The molecule has 7 nitrogen and oxygen atoms in total. The minimum atomic E-state index is -0.160. The molecular weight excluding hydrogens is 476 g/mol. The normalized spacial score (nSPS) is 13.7. The molecule has 0 unspecified atom stereocenters. The molecule has 0 saturated carbocycles. The zero-order valence-electron chi connectivity index (χ0n) is 21.4. The number of amides is 1. The summed E-state index contributed by atoms with van der Waals surface area (Å²) in [5.74, 6) is 1.19. The van der Waals surface area contributed by atoms with E-state index in [0.717, 1.165) is 53.7 Å². The van der Waals surface area contributed by atoms with Gasteiger partial charge in [0.05, 0.1) is 19.2 Å². The highest BCUT2D eigenvalue weighted by molar-refractivity contribution is 6.08. The van der Waals surface area contributed by atoms with Crippen molar-refractivity contribution in [2.75, 3.05) is 25.1 Å². The number of para-hydroxylation sites is 1. The molecule has 1 heterocycles. The fraction of sp³-hybridized carbons (Fsp3) is 0.226. The summed E-state index contributed by atoms with van der Waals surface area (Å²) < 4.78 is 11.7. The average Bonchev–Trinajstić information content (AvgIpc) is 2.96. The standard InChI is InChI=1S/C31H32N4O3/c1-37-29-5-3-2-4-28(29)31(36)35(25-10-12-26(13-11-25)38-27-14-16-34-17-15-27)20-21-6-7-22-8-9-23(30(32)33)19-24(22)18-21/h2-13,18-19,27,34H,14-17,20H2,1H3,(H3,32,33). The molecule has 0 aliphatic carbocycles. The molecule has 4 aromatic rings. The van der Waals surface area contributed by atoms with Gasteiger partial charge in [-0.05, 0) is 90.8 Å². The van der Waals surface area contributed by atoms with Gasteiger partial charge in [-0.25, -0.2) is 0 Å². The highest BCUT2D eigenvalue weighted by atomic mass is 16.5. The second-order valence-corrected chi connectivity index (χ2v) is 9.46. The number of nitrogens with one attached hydrogen (secondary N) is 2. The maximum absolute atomic E-state index is 13.9. The summed E-state index contributed by atoms with van der Waals surface area (Å²) in [5.41, 5.74) is 8.58. The first-order valence-electron chi connectivity index (χ1n) is 12.8. The third kappa shape index (κ3) is 5.63. The van der Waals surface area contributed by atoms with E-state index in [1.54, 1.807) is 24.1 Å². The van der Waals surface area contributed by atoms with E-state index in [0.29, 0.717) is 23.4 Å². The molecule has 4 aromatic carbocycles. The monoisotopic (exact) mass is 508 g/mol. The minimum Gasteiger partial charge on any atom is -0.496 e. The number of anilines is 1. The van der Waals surface area contributed by atoms with Crippen LogP contribution in [0.25, 0.3) is 10.8 Å². The highest BCUT2D eigenvalue weighted by Gasteiger charge is 2.22. The Balaban J connectivity index is 1.47.